The molecule has 0 aromatic heterocycles. The van der Waals surface area contributed by atoms with E-state index in [4.69, 9.17) is 9.47 Å². The van der Waals surface area contributed by atoms with Crippen LogP contribution in [0.2, 0.25) is 0 Å². The predicted molar refractivity (Wildman–Crippen MR) is 144 cm³/mol. The van der Waals surface area contributed by atoms with E-state index in [-0.39, 0.29) is 37.4 Å². The molecule has 2 bridgehead atoms. The molecule has 3 aliphatic heterocycles. The molecule has 9 heteroatoms. The van der Waals surface area contributed by atoms with Gasteiger partial charge in [0, 0.05) is 39.0 Å². The monoisotopic (exact) mass is 525 g/mol. The van der Waals surface area contributed by atoms with Crippen molar-refractivity contribution in [1.29, 1.82) is 0 Å². The second-order valence-corrected chi connectivity index (χ2v) is 10.4. The number of likely N-dealkylation sites (tertiary alicyclic amines) is 1. The molecule has 3 fully saturated rings. The van der Waals surface area contributed by atoms with Gasteiger partial charge in [0.25, 0.3) is 5.91 Å². The van der Waals surface area contributed by atoms with Crippen molar-refractivity contribution < 1.29 is 29.0 Å². The smallest absolute Gasteiger partial charge is 0.253 e. The third kappa shape index (κ3) is 4.22. The number of methoxy groups -OCH3 is 1. The van der Waals surface area contributed by atoms with E-state index in [0.29, 0.717) is 43.7 Å². The van der Waals surface area contributed by atoms with Crippen LogP contribution in [0, 0.1) is 11.8 Å². The summed E-state index contributed by atoms with van der Waals surface area (Å²) in [6, 6.07) is 6.21. The number of ether oxygens (including phenoxy) is 2. The van der Waals surface area contributed by atoms with Crippen LogP contribution in [0.4, 0.5) is 5.69 Å². The molecule has 3 heterocycles. The molecule has 9 nitrogen and oxygen atoms in total. The predicted octanol–water partition coefficient (Wildman–Crippen LogP) is 2.40. The second kappa shape index (κ2) is 10.9. The lowest BCUT2D eigenvalue weighted by molar-refractivity contribution is -0.150. The molecular formula is C29H39N3O6. The summed E-state index contributed by atoms with van der Waals surface area (Å²) in [7, 11) is 3.28. The van der Waals surface area contributed by atoms with Gasteiger partial charge < -0.3 is 29.3 Å². The highest BCUT2D eigenvalue weighted by molar-refractivity contribution is 6.05. The summed E-state index contributed by atoms with van der Waals surface area (Å²) >= 11 is 0. The Labute approximate surface area is 224 Å². The van der Waals surface area contributed by atoms with Crippen molar-refractivity contribution in [3.63, 3.8) is 0 Å². The first-order valence-corrected chi connectivity index (χ1v) is 13.3. The van der Waals surface area contributed by atoms with Gasteiger partial charge in [-0.3, -0.25) is 14.4 Å². The molecule has 5 atom stereocenters. The molecule has 4 rings (SSSR count). The van der Waals surface area contributed by atoms with Gasteiger partial charge in [-0.1, -0.05) is 19.1 Å². The normalized spacial score (nSPS) is 29.2. The van der Waals surface area contributed by atoms with Crippen LogP contribution in [0.25, 0.3) is 0 Å². The molecule has 3 aliphatic rings. The molecule has 1 N–H and O–H groups in total. The SMILES string of the molecule is C=CCN(C)C(=O)[C@H]1[C@H]2C(=O)N(CCCO)C(C(=O)N(CC=C)c3ccc(OC)cc3)C23CC[C@]1(CC)O3. The van der Waals surface area contributed by atoms with Crippen molar-refractivity contribution in [3.8, 4) is 5.75 Å². The number of anilines is 1. The summed E-state index contributed by atoms with van der Waals surface area (Å²) in [4.78, 5) is 47.0. The zero-order valence-electron chi connectivity index (χ0n) is 22.6. The molecule has 1 aromatic carbocycles. The summed E-state index contributed by atoms with van der Waals surface area (Å²) in [6.45, 7) is 10.2. The Morgan fingerprint density at radius 2 is 1.87 bits per heavy atom. The largest absolute Gasteiger partial charge is 0.497 e. The summed E-state index contributed by atoms with van der Waals surface area (Å²) in [5.41, 5.74) is -1.29. The van der Waals surface area contributed by atoms with E-state index in [2.05, 4.69) is 13.2 Å². The summed E-state index contributed by atoms with van der Waals surface area (Å²) in [5.74, 6) is -1.52. The van der Waals surface area contributed by atoms with Crippen molar-refractivity contribution in [2.75, 3.05) is 45.3 Å². The number of likely N-dealkylation sites (N-methyl/N-ethyl adjacent to an activating group) is 1. The second-order valence-electron chi connectivity index (χ2n) is 10.4. The van der Waals surface area contributed by atoms with Crippen LogP contribution in [-0.2, 0) is 19.1 Å². The quantitative estimate of drug-likeness (QED) is 0.421. The molecule has 1 aromatic rings. The van der Waals surface area contributed by atoms with Gasteiger partial charge in [0.2, 0.25) is 11.8 Å². The molecular weight excluding hydrogens is 486 g/mol. The van der Waals surface area contributed by atoms with Crippen molar-refractivity contribution in [3.05, 3.63) is 49.6 Å². The lowest BCUT2D eigenvalue weighted by atomic mass is 9.64. The van der Waals surface area contributed by atoms with Gasteiger partial charge in [-0.25, -0.2) is 0 Å². The number of nitrogens with zero attached hydrogens (tertiary/aromatic N) is 3. The molecule has 0 saturated carbocycles. The van der Waals surface area contributed by atoms with Gasteiger partial charge in [-0.2, -0.15) is 0 Å². The molecule has 3 amide bonds. The summed E-state index contributed by atoms with van der Waals surface area (Å²) in [6.07, 6.45) is 5.26. The van der Waals surface area contributed by atoms with E-state index in [1.54, 1.807) is 65.3 Å². The van der Waals surface area contributed by atoms with Crippen molar-refractivity contribution in [2.45, 2.75) is 49.9 Å². The first-order valence-electron chi connectivity index (χ1n) is 13.3. The highest BCUT2D eigenvalue weighted by Gasteiger charge is 2.78. The Morgan fingerprint density at radius 1 is 1.18 bits per heavy atom. The maximum Gasteiger partial charge on any atom is 0.253 e. The highest BCUT2D eigenvalue weighted by Crippen LogP contribution is 2.64. The number of hydrogen-bond acceptors (Lipinski definition) is 6. The van der Waals surface area contributed by atoms with E-state index >= 15 is 0 Å². The number of hydrogen-bond donors (Lipinski definition) is 1. The maximum absolute atomic E-state index is 14.4. The van der Waals surface area contributed by atoms with E-state index < -0.39 is 29.1 Å². The third-order valence-electron chi connectivity index (χ3n) is 8.48. The van der Waals surface area contributed by atoms with Crippen molar-refractivity contribution >= 4 is 23.4 Å². The van der Waals surface area contributed by atoms with Crippen LogP contribution in [-0.4, -0.2) is 90.3 Å². The van der Waals surface area contributed by atoms with Gasteiger partial charge in [0.1, 0.15) is 17.4 Å². The number of aliphatic hydroxyl groups is 1. The number of aliphatic hydroxyl groups excluding tert-OH is 1. The molecule has 38 heavy (non-hydrogen) atoms. The average molecular weight is 526 g/mol. The van der Waals surface area contributed by atoms with E-state index in [1.807, 2.05) is 6.92 Å². The van der Waals surface area contributed by atoms with Crippen LogP contribution >= 0.6 is 0 Å². The Kier molecular flexibility index (Phi) is 7.99. The average Bonchev–Trinajstić information content (AvgIpc) is 3.53. The number of benzene rings is 1. The Hall–Kier alpha value is -3.17. The minimum atomic E-state index is -1.12. The minimum absolute atomic E-state index is 0.124. The standard InChI is InChI=1S/C29H39N3O6/c1-6-16-30(4)25(34)22-23-26(35)32(18-9-19-33)24(29(23)15-14-28(22,8-3)38-29)27(36)31(17-7-2)20-10-12-21(37-5)13-11-20/h6-7,10-13,22-24,33H,1-2,8-9,14-19H2,3-5H3/t22-,23+,24?,28+,29?/m1/s1. The van der Waals surface area contributed by atoms with Crippen LogP contribution in [0.1, 0.15) is 32.6 Å². The fourth-order valence-electron chi connectivity index (χ4n) is 6.74. The van der Waals surface area contributed by atoms with E-state index in [1.165, 1.54) is 0 Å². The number of fused-ring (bicyclic) bond motifs is 1. The molecule has 3 saturated heterocycles. The Balaban J connectivity index is 1.80. The molecule has 1 spiro atoms. The molecule has 0 radical (unpaired) electrons. The number of amides is 3. The maximum atomic E-state index is 14.4. The van der Waals surface area contributed by atoms with Crippen LogP contribution in [0.5, 0.6) is 5.75 Å². The lowest BCUT2D eigenvalue weighted by Crippen LogP contribution is -2.56. The van der Waals surface area contributed by atoms with E-state index in [9.17, 15) is 19.5 Å². The van der Waals surface area contributed by atoms with Crippen LogP contribution in [0.3, 0.4) is 0 Å². The van der Waals surface area contributed by atoms with Gasteiger partial charge >= 0.3 is 0 Å². The van der Waals surface area contributed by atoms with Crippen molar-refractivity contribution in [1.82, 2.24) is 9.80 Å². The zero-order chi connectivity index (χ0) is 27.7. The first kappa shape index (κ1) is 27.9. The minimum Gasteiger partial charge on any atom is -0.497 e. The fourth-order valence-corrected chi connectivity index (χ4v) is 6.74. The number of carbonyl (C=O) groups excluding carboxylic acids is 3. The van der Waals surface area contributed by atoms with Crippen LogP contribution < -0.4 is 9.64 Å². The molecule has 0 aliphatic carbocycles. The topological polar surface area (TPSA) is 99.6 Å². The fraction of sp³-hybridized carbons (Fsp3) is 0.552. The molecule has 206 valence electrons. The lowest BCUT2D eigenvalue weighted by Gasteiger charge is -2.37. The van der Waals surface area contributed by atoms with Crippen molar-refractivity contribution in [2.24, 2.45) is 11.8 Å². The Bertz CT molecular complexity index is 1090. The van der Waals surface area contributed by atoms with Gasteiger partial charge in [0.15, 0.2) is 0 Å². The number of carbonyl (C=O) groups is 3. The number of rotatable bonds is 12. The first-order chi connectivity index (χ1) is 18.2. The van der Waals surface area contributed by atoms with Gasteiger partial charge in [0.05, 0.1) is 24.5 Å². The Morgan fingerprint density at radius 3 is 2.45 bits per heavy atom. The highest BCUT2D eigenvalue weighted by atomic mass is 16.5. The summed E-state index contributed by atoms with van der Waals surface area (Å²) in [5, 5.41) is 9.58. The third-order valence-corrected chi connectivity index (χ3v) is 8.48. The molecule has 2 unspecified atom stereocenters. The summed E-state index contributed by atoms with van der Waals surface area (Å²) < 4.78 is 12.1. The van der Waals surface area contributed by atoms with Gasteiger partial charge in [-0.15, -0.1) is 13.2 Å². The van der Waals surface area contributed by atoms with E-state index in [0.717, 1.165) is 0 Å². The zero-order valence-corrected chi connectivity index (χ0v) is 22.6. The van der Waals surface area contributed by atoms with Crippen LogP contribution in [0.15, 0.2) is 49.6 Å². The van der Waals surface area contributed by atoms with Gasteiger partial charge in [-0.05, 0) is 49.9 Å².